The summed E-state index contributed by atoms with van der Waals surface area (Å²) >= 11 is 3.44. The van der Waals surface area contributed by atoms with Gasteiger partial charge in [0.05, 0.1) is 16.6 Å². The zero-order chi connectivity index (χ0) is 11.2. The Morgan fingerprint density at radius 1 is 1.40 bits per heavy atom. The van der Waals surface area contributed by atoms with Gasteiger partial charge in [-0.3, -0.25) is 0 Å². The van der Waals surface area contributed by atoms with Crippen LogP contribution < -0.4 is 5.73 Å². The van der Waals surface area contributed by atoms with Crippen molar-refractivity contribution in [2.45, 2.75) is 19.4 Å². The van der Waals surface area contributed by atoms with Gasteiger partial charge in [0.15, 0.2) is 0 Å². The zero-order valence-electron chi connectivity index (χ0n) is 9.08. The molecule has 2 N–H and O–H groups in total. The summed E-state index contributed by atoms with van der Waals surface area (Å²) in [5.74, 6) is 0.899. The molecule has 0 unspecified atom stereocenters. The van der Waals surface area contributed by atoms with Crippen molar-refractivity contribution in [3.63, 3.8) is 0 Å². The number of hydrogen-bond donors (Lipinski definition) is 1. The molecule has 1 aromatic heterocycles. The molecule has 2 rings (SSSR count). The maximum absolute atomic E-state index is 6.06. The Morgan fingerprint density at radius 3 is 2.67 bits per heavy atom. The first kappa shape index (κ1) is 10.6. The van der Waals surface area contributed by atoms with E-state index in [4.69, 9.17) is 5.73 Å². The highest BCUT2D eigenvalue weighted by Gasteiger charge is 2.21. The molecule has 0 saturated heterocycles. The fraction of sp³-hybridized carbons (Fsp3) is 0.364. The highest BCUT2D eigenvalue weighted by molar-refractivity contribution is 9.10. The Morgan fingerprint density at radius 2 is 2.07 bits per heavy atom. The van der Waals surface area contributed by atoms with Crippen LogP contribution in [0.15, 0.2) is 22.7 Å². The molecule has 0 amide bonds. The molecule has 0 aliphatic carbocycles. The topological polar surface area (TPSA) is 43.8 Å². The quantitative estimate of drug-likeness (QED) is 0.863. The van der Waals surface area contributed by atoms with Gasteiger partial charge in [-0.05, 0) is 32.0 Å². The van der Waals surface area contributed by atoms with Gasteiger partial charge in [0, 0.05) is 11.5 Å². The third kappa shape index (κ3) is 1.79. The second-order valence-electron chi connectivity index (χ2n) is 4.35. The van der Waals surface area contributed by atoms with Crippen LogP contribution in [0.4, 0.5) is 0 Å². The fourth-order valence-electron chi connectivity index (χ4n) is 1.75. The van der Waals surface area contributed by atoms with Gasteiger partial charge in [0.2, 0.25) is 0 Å². The molecule has 0 fully saturated rings. The summed E-state index contributed by atoms with van der Waals surface area (Å²) in [5, 5.41) is 0. The molecule has 0 aliphatic heterocycles. The van der Waals surface area contributed by atoms with Crippen molar-refractivity contribution in [2.24, 2.45) is 12.8 Å². The molecule has 1 heterocycles. The molecule has 15 heavy (non-hydrogen) atoms. The van der Waals surface area contributed by atoms with Crippen molar-refractivity contribution < 1.29 is 0 Å². The molecule has 0 spiro atoms. The summed E-state index contributed by atoms with van der Waals surface area (Å²) < 4.78 is 3.08. The van der Waals surface area contributed by atoms with E-state index in [1.54, 1.807) is 0 Å². The van der Waals surface area contributed by atoms with Gasteiger partial charge in [0.25, 0.3) is 0 Å². The zero-order valence-corrected chi connectivity index (χ0v) is 10.7. The summed E-state index contributed by atoms with van der Waals surface area (Å²) in [6.45, 7) is 3.92. The van der Waals surface area contributed by atoms with Gasteiger partial charge in [0.1, 0.15) is 5.82 Å². The van der Waals surface area contributed by atoms with Crippen LogP contribution in [0.3, 0.4) is 0 Å². The molecule has 80 valence electrons. The number of fused-ring (bicyclic) bond motifs is 1. The van der Waals surface area contributed by atoms with Crippen molar-refractivity contribution >= 4 is 27.0 Å². The van der Waals surface area contributed by atoms with Gasteiger partial charge in [-0.15, -0.1) is 0 Å². The first-order valence-corrected chi connectivity index (χ1v) is 5.60. The van der Waals surface area contributed by atoms with Gasteiger partial charge in [-0.25, -0.2) is 4.98 Å². The van der Waals surface area contributed by atoms with Gasteiger partial charge < -0.3 is 10.3 Å². The maximum atomic E-state index is 6.06. The summed E-state index contributed by atoms with van der Waals surface area (Å²) in [7, 11) is 1.99. The molecule has 0 atom stereocenters. The standard InChI is InChI=1S/C11H14BrN3/c1-11(2,13)10-14-8-6-7(12)4-5-9(8)15(10)3/h4-6H,13H2,1-3H3. The van der Waals surface area contributed by atoms with Crippen molar-refractivity contribution in [2.75, 3.05) is 0 Å². The molecule has 2 aromatic rings. The average Bonchev–Trinajstić information content (AvgIpc) is 2.42. The van der Waals surface area contributed by atoms with Crippen LogP contribution in [-0.4, -0.2) is 9.55 Å². The molecule has 3 nitrogen and oxygen atoms in total. The molecule has 4 heteroatoms. The van der Waals surface area contributed by atoms with Gasteiger partial charge in [-0.2, -0.15) is 0 Å². The van der Waals surface area contributed by atoms with E-state index in [1.165, 1.54) is 0 Å². The number of benzene rings is 1. The van der Waals surface area contributed by atoms with Crippen LogP contribution in [-0.2, 0) is 12.6 Å². The third-order valence-electron chi connectivity index (χ3n) is 2.42. The van der Waals surface area contributed by atoms with E-state index in [-0.39, 0.29) is 0 Å². The van der Waals surface area contributed by atoms with Gasteiger partial charge in [-0.1, -0.05) is 15.9 Å². The summed E-state index contributed by atoms with van der Waals surface area (Å²) in [5.41, 5.74) is 7.72. The van der Waals surface area contributed by atoms with E-state index in [0.29, 0.717) is 0 Å². The van der Waals surface area contributed by atoms with Crippen LogP contribution >= 0.6 is 15.9 Å². The summed E-state index contributed by atoms with van der Waals surface area (Å²) in [4.78, 5) is 4.55. The molecule has 0 aliphatic rings. The van der Waals surface area contributed by atoms with Crippen molar-refractivity contribution in [1.29, 1.82) is 0 Å². The Kier molecular flexibility index (Phi) is 2.35. The van der Waals surface area contributed by atoms with Crippen molar-refractivity contribution in [1.82, 2.24) is 9.55 Å². The lowest BCUT2D eigenvalue weighted by Gasteiger charge is -2.17. The van der Waals surface area contributed by atoms with E-state index < -0.39 is 5.54 Å². The number of rotatable bonds is 1. The van der Waals surface area contributed by atoms with Crippen LogP contribution in [0.5, 0.6) is 0 Å². The number of halogens is 1. The number of hydrogen-bond acceptors (Lipinski definition) is 2. The van der Waals surface area contributed by atoms with E-state index >= 15 is 0 Å². The molecule has 0 bridgehead atoms. The highest BCUT2D eigenvalue weighted by Crippen LogP contribution is 2.24. The minimum Gasteiger partial charge on any atom is -0.330 e. The highest BCUT2D eigenvalue weighted by atomic mass is 79.9. The normalized spacial score (nSPS) is 12.3. The lowest BCUT2D eigenvalue weighted by Crippen LogP contribution is -2.32. The second kappa shape index (κ2) is 3.32. The minimum absolute atomic E-state index is 0.416. The van der Waals surface area contributed by atoms with Crippen molar-refractivity contribution in [3.05, 3.63) is 28.5 Å². The van der Waals surface area contributed by atoms with Crippen LogP contribution in [0.2, 0.25) is 0 Å². The van der Waals surface area contributed by atoms with Crippen LogP contribution in [0.25, 0.3) is 11.0 Å². The predicted octanol–water partition coefficient (Wildman–Crippen LogP) is 2.53. The number of aryl methyl sites for hydroxylation is 1. The van der Waals surface area contributed by atoms with Crippen LogP contribution in [0.1, 0.15) is 19.7 Å². The number of nitrogens with zero attached hydrogens (tertiary/aromatic N) is 2. The molecular weight excluding hydrogens is 254 g/mol. The maximum Gasteiger partial charge on any atom is 0.129 e. The monoisotopic (exact) mass is 267 g/mol. The number of imidazole rings is 1. The Balaban J connectivity index is 2.75. The largest absolute Gasteiger partial charge is 0.330 e. The number of nitrogens with two attached hydrogens (primary N) is 1. The van der Waals surface area contributed by atoms with E-state index in [2.05, 4.69) is 20.9 Å². The lowest BCUT2D eigenvalue weighted by molar-refractivity contribution is 0.498. The van der Waals surface area contributed by atoms with E-state index in [0.717, 1.165) is 21.3 Å². The minimum atomic E-state index is -0.416. The molecule has 0 saturated carbocycles. The summed E-state index contributed by atoms with van der Waals surface area (Å²) in [6, 6.07) is 6.06. The first-order chi connectivity index (χ1) is 6.89. The fourth-order valence-corrected chi connectivity index (χ4v) is 2.10. The predicted molar refractivity (Wildman–Crippen MR) is 65.6 cm³/mol. The smallest absolute Gasteiger partial charge is 0.129 e. The molecule has 1 aromatic carbocycles. The summed E-state index contributed by atoms with van der Waals surface area (Å²) in [6.07, 6.45) is 0. The second-order valence-corrected chi connectivity index (χ2v) is 5.26. The molecule has 0 radical (unpaired) electrons. The Labute approximate surface area is 97.4 Å². The van der Waals surface area contributed by atoms with Crippen molar-refractivity contribution in [3.8, 4) is 0 Å². The first-order valence-electron chi connectivity index (χ1n) is 4.81. The van der Waals surface area contributed by atoms with E-state index in [9.17, 15) is 0 Å². The Hall–Kier alpha value is -0.870. The number of aromatic nitrogens is 2. The average molecular weight is 268 g/mol. The lowest BCUT2D eigenvalue weighted by atomic mass is 10.1. The van der Waals surface area contributed by atoms with Gasteiger partial charge >= 0.3 is 0 Å². The third-order valence-corrected chi connectivity index (χ3v) is 2.91. The Bertz CT molecular complexity index is 508. The van der Waals surface area contributed by atoms with Crippen LogP contribution in [0, 0.1) is 0 Å². The van der Waals surface area contributed by atoms with E-state index in [1.807, 2.05) is 43.7 Å². The SMILES string of the molecule is Cn1c(C(C)(C)N)nc2cc(Br)ccc21. The molecular formula is C11H14BrN3.